The number of thiazole rings is 1. The van der Waals surface area contributed by atoms with Gasteiger partial charge in [-0.05, 0) is 25.5 Å². The first-order valence-electron chi connectivity index (χ1n) is 8.74. The van der Waals surface area contributed by atoms with Crippen LogP contribution in [0.15, 0.2) is 28.1 Å². The average Bonchev–Trinajstić information content (AvgIpc) is 3.30. The maximum absolute atomic E-state index is 12.4. The number of ether oxygens (including phenoxy) is 1. The molecule has 0 saturated carbocycles. The van der Waals surface area contributed by atoms with Gasteiger partial charge in [0.1, 0.15) is 10.5 Å². The maximum Gasteiger partial charge on any atom is 0.340 e. The van der Waals surface area contributed by atoms with Gasteiger partial charge in [-0.25, -0.2) is 9.78 Å². The Labute approximate surface area is 154 Å². The van der Waals surface area contributed by atoms with Crippen LogP contribution in [0.2, 0.25) is 0 Å². The fourth-order valence-electron chi connectivity index (χ4n) is 3.70. The number of rotatable bonds is 4. The molecular weight excluding hydrogens is 352 g/mol. The Kier molecular flexibility index (Phi) is 3.68. The van der Waals surface area contributed by atoms with Crippen molar-refractivity contribution < 1.29 is 13.9 Å². The highest BCUT2D eigenvalue weighted by molar-refractivity contribution is 7.13. The summed E-state index contributed by atoms with van der Waals surface area (Å²) in [6.07, 6.45) is 2.96. The third kappa shape index (κ3) is 2.48. The number of fused-ring (bicyclic) bond motifs is 3. The van der Waals surface area contributed by atoms with Gasteiger partial charge in [0.2, 0.25) is 0 Å². The highest BCUT2D eigenvalue weighted by Crippen LogP contribution is 2.36. The van der Waals surface area contributed by atoms with Gasteiger partial charge < -0.3 is 19.4 Å². The van der Waals surface area contributed by atoms with Crippen LogP contribution >= 0.6 is 11.3 Å². The molecule has 134 valence electrons. The van der Waals surface area contributed by atoms with E-state index in [9.17, 15) is 4.79 Å². The lowest BCUT2D eigenvalue weighted by Crippen LogP contribution is -2.67. The minimum atomic E-state index is -0.383. The topological polar surface area (TPSA) is 80.5 Å². The molecule has 2 bridgehead atoms. The van der Waals surface area contributed by atoms with Gasteiger partial charge in [-0.2, -0.15) is 4.98 Å². The number of nitrogens with zero attached hydrogens (tertiary/aromatic N) is 3. The van der Waals surface area contributed by atoms with E-state index in [1.54, 1.807) is 19.2 Å². The number of piperazine rings is 1. The number of nitrogens with one attached hydrogen (secondary N) is 1. The van der Waals surface area contributed by atoms with Gasteiger partial charge in [-0.15, -0.1) is 11.3 Å². The standard InChI is InChI=1S/C18H18N4O3S/c1-2-24-17(23)12-3-4-13(16-19-5-6-26-16)15-14(12)21-18(25-15)22-8-10-7-11(9-22)20-10/h3-6,10-11,20H,2,7-9H2,1H3. The van der Waals surface area contributed by atoms with Crippen molar-refractivity contribution in [1.29, 1.82) is 0 Å². The van der Waals surface area contributed by atoms with E-state index in [4.69, 9.17) is 9.15 Å². The quantitative estimate of drug-likeness (QED) is 0.707. The molecule has 3 fully saturated rings. The summed E-state index contributed by atoms with van der Waals surface area (Å²) in [6, 6.07) is 5.15. The molecule has 1 aromatic carbocycles. The zero-order valence-electron chi connectivity index (χ0n) is 14.3. The molecule has 2 atom stereocenters. The summed E-state index contributed by atoms with van der Waals surface area (Å²) in [4.78, 5) is 23.6. The number of aromatic nitrogens is 2. The van der Waals surface area contributed by atoms with Crippen LogP contribution in [-0.4, -0.2) is 47.7 Å². The minimum absolute atomic E-state index is 0.320. The first-order valence-corrected chi connectivity index (χ1v) is 9.62. The summed E-state index contributed by atoms with van der Waals surface area (Å²) in [7, 11) is 0. The third-order valence-electron chi connectivity index (χ3n) is 4.88. The van der Waals surface area contributed by atoms with Crippen molar-refractivity contribution in [2.45, 2.75) is 25.4 Å². The van der Waals surface area contributed by atoms with Crippen LogP contribution in [0.5, 0.6) is 0 Å². The molecule has 2 aromatic heterocycles. The molecule has 3 aliphatic heterocycles. The SMILES string of the molecule is CCOC(=O)c1ccc(-c2nccs2)c2oc(N3CC4CC(C3)N4)nc12. The molecule has 3 saturated heterocycles. The summed E-state index contributed by atoms with van der Waals surface area (Å²) >= 11 is 1.53. The first kappa shape index (κ1) is 15.8. The molecule has 0 radical (unpaired) electrons. The number of hydrogen-bond acceptors (Lipinski definition) is 8. The number of piperidine rings is 1. The summed E-state index contributed by atoms with van der Waals surface area (Å²) in [5, 5.41) is 6.26. The van der Waals surface area contributed by atoms with E-state index in [2.05, 4.69) is 20.2 Å². The van der Waals surface area contributed by atoms with Gasteiger partial charge in [0.05, 0.1) is 17.7 Å². The number of carbonyl (C=O) groups is 1. The molecule has 0 spiro atoms. The third-order valence-corrected chi connectivity index (χ3v) is 5.69. The van der Waals surface area contributed by atoms with Crippen molar-refractivity contribution in [2.75, 3.05) is 24.6 Å². The highest BCUT2D eigenvalue weighted by Gasteiger charge is 2.38. The number of hydrogen-bond donors (Lipinski definition) is 1. The fourth-order valence-corrected chi connectivity index (χ4v) is 4.36. The summed E-state index contributed by atoms with van der Waals surface area (Å²) in [6.45, 7) is 3.84. The van der Waals surface area contributed by atoms with E-state index in [-0.39, 0.29) is 5.97 Å². The van der Waals surface area contributed by atoms with Crippen LogP contribution in [0.1, 0.15) is 23.7 Å². The molecule has 3 aliphatic rings. The van der Waals surface area contributed by atoms with Crippen molar-refractivity contribution in [3.8, 4) is 10.6 Å². The van der Waals surface area contributed by atoms with Crippen LogP contribution in [0, 0.1) is 0 Å². The van der Waals surface area contributed by atoms with E-state index in [0.717, 1.165) is 23.7 Å². The first-order chi connectivity index (χ1) is 12.7. The monoisotopic (exact) mass is 370 g/mol. The van der Waals surface area contributed by atoms with Gasteiger partial charge in [0.25, 0.3) is 6.01 Å². The fraction of sp³-hybridized carbons (Fsp3) is 0.389. The summed E-state index contributed by atoms with van der Waals surface area (Å²) in [5.41, 5.74) is 2.41. The Hall–Kier alpha value is -2.45. The van der Waals surface area contributed by atoms with Gasteiger partial charge >= 0.3 is 5.97 Å². The largest absolute Gasteiger partial charge is 0.462 e. The molecule has 3 aromatic rings. The molecule has 0 amide bonds. The molecule has 1 N–H and O–H groups in total. The Balaban J connectivity index is 1.63. The summed E-state index contributed by atoms with van der Waals surface area (Å²) in [5.74, 6) is -0.383. The average molecular weight is 370 g/mol. The lowest BCUT2D eigenvalue weighted by atomic mass is 9.92. The second-order valence-corrected chi connectivity index (χ2v) is 7.49. The van der Waals surface area contributed by atoms with Gasteiger partial charge in [-0.1, -0.05) is 0 Å². The zero-order valence-corrected chi connectivity index (χ0v) is 15.1. The Bertz CT molecular complexity index is 952. The zero-order chi connectivity index (χ0) is 17.7. The number of benzene rings is 1. The van der Waals surface area contributed by atoms with Crippen molar-refractivity contribution in [3.63, 3.8) is 0 Å². The number of esters is 1. The molecule has 5 heterocycles. The number of oxazole rings is 1. The van der Waals surface area contributed by atoms with Gasteiger partial charge in [0, 0.05) is 36.8 Å². The molecule has 0 aliphatic carbocycles. The van der Waals surface area contributed by atoms with E-state index in [0.29, 0.717) is 41.4 Å². The smallest absolute Gasteiger partial charge is 0.340 e. The van der Waals surface area contributed by atoms with Crippen molar-refractivity contribution >= 4 is 34.4 Å². The maximum atomic E-state index is 12.4. The normalized spacial score (nSPS) is 21.7. The lowest BCUT2D eigenvalue weighted by molar-refractivity contribution is 0.0528. The van der Waals surface area contributed by atoms with E-state index < -0.39 is 0 Å². The van der Waals surface area contributed by atoms with Crippen LogP contribution in [0.4, 0.5) is 6.01 Å². The van der Waals surface area contributed by atoms with Gasteiger partial charge in [-0.3, -0.25) is 0 Å². The second kappa shape index (κ2) is 6.07. The van der Waals surface area contributed by atoms with Gasteiger partial charge in [0.15, 0.2) is 5.58 Å². The number of anilines is 1. The van der Waals surface area contributed by atoms with Crippen LogP contribution < -0.4 is 10.2 Å². The van der Waals surface area contributed by atoms with Crippen LogP contribution in [-0.2, 0) is 4.74 Å². The van der Waals surface area contributed by atoms with Crippen molar-refractivity contribution in [3.05, 3.63) is 29.3 Å². The predicted octanol–water partition coefficient (Wildman–Crippen LogP) is 2.68. The predicted molar refractivity (Wildman–Crippen MR) is 98.6 cm³/mol. The molecule has 2 unspecified atom stereocenters. The van der Waals surface area contributed by atoms with E-state index >= 15 is 0 Å². The minimum Gasteiger partial charge on any atom is -0.462 e. The molecule has 8 heteroatoms. The second-order valence-electron chi connectivity index (χ2n) is 6.59. The molecular formula is C18H18N4O3S. The van der Waals surface area contributed by atoms with Crippen LogP contribution in [0.3, 0.4) is 0 Å². The lowest BCUT2D eigenvalue weighted by Gasteiger charge is -2.47. The Morgan fingerprint density at radius 3 is 2.92 bits per heavy atom. The molecule has 6 rings (SSSR count). The van der Waals surface area contributed by atoms with Crippen molar-refractivity contribution in [2.24, 2.45) is 0 Å². The summed E-state index contributed by atoms with van der Waals surface area (Å²) < 4.78 is 11.3. The highest BCUT2D eigenvalue weighted by atomic mass is 32.1. The molecule has 7 nitrogen and oxygen atoms in total. The van der Waals surface area contributed by atoms with Crippen molar-refractivity contribution in [1.82, 2.24) is 15.3 Å². The molecule has 26 heavy (non-hydrogen) atoms. The number of carbonyl (C=O) groups excluding carboxylic acids is 1. The van der Waals surface area contributed by atoms with E-state index in [1.807, 2.05) is 11.4 Å². The Morgan fingerprint density at radius 1 is 1.42 bits per heavy atom. The van der Waals surface area contributed by atoms with E-state index in [1.165, 1.54) is 17.8 Å². The van der Waals surface area contributed by atoms with Crippen LogP contribution in [0.25, 0.3) is 21.7 Å². The Morgan fingerprint density at radius 2 is 2.23 bits per heavy atom.